The van der Waals surface area contributed by atoms with Crippen LogP contribution in [0.25, 0.3) is 98.6 Å². The van der Waals surface area contributed by atoms with E-state index in [1.165, 1.54) is 32.8 Å². The van der Waals surface area contributed by atoms with Crippen LogP contribution in [0.15, 0.2) is 182 Å². The van der Waals surface area contributed by atoms with E-state index < -0.39 is 0 Å². The highest BCUT2D eigenvalue weighted by molar-refractivity contribution is 7.21. The summed E-state index contributed by atoms with van der Waals surface area (Å²) in [6, 6.07) is 61.6. The van der Waals surface area contributed by atoms with Gasteiger partial charge in [0.25, 0.3) is 0 Å². The van der Waals surface area contributed by atoms with Gasteiger partial charge in [-0.15, -0.1) is 11.3 Å². The summed E-state index contributed by atoms with van der Waals surface area (Å²) >= 11 is 1.69. The van der Waals surface area contributed by atoms with Gasteiger partial charge in [-0.1, -0.05) is 152 Å². The van der Waals surface area contributed by atoms with Crippen LogP contribution in [0, 0.1) is 0 Å². The second kappa shape index (κ2) is 13.1. The molecule has 248 valence electrons. The van der Waals surface area contributed by atoms with E-state index in [4.69, 9.17) is 15.0 Å². The maximum Gasteiger partial charge on any atom is 0.160 e. The van der Waals surface area contributed by atoms with Crippen molar-refractivity contribution in [2.45, 2.75) is 0 Å². The maximum atomic E-state index is 5.12. The van der Waals surface area contributed by atoms with Gasteiger partial charge in [-0.05, 0) is 62.7 Å². The molecule has 0 radical (unpaired) electrons. The molecule has 0 atom stereocenters. The van der Waals surface area contributed by atoms with Crippen LogP contribution >= 0.6 is 11.3 Å². The summed E-state index contributed by atoms with van der Waals surface area (Å²) in [7, 11) is 0. The number of fused-ring (bicyclic) bond motifs is 4. The van der Waals surface area contributed by atoms with E-state index in [1.807, 2.05) is 60.8 Å². The Balaban J connectivity index is 1.14. The monoisotopic (exact) mass is 694 g/mol. The van der Waals surface area contributed by atoms with E-state index in [9.17, 15) is 0 Å². The summed E-state index contributed by atoms with van der Waals surface area (Å²) in [5, 5.41) is 5.65. The maximum absolute atomic E-state index is 5.12. The summed E-state index contributed by atoms with van der Waals surface area (Å²) < 4.78 is 1.14. The zero-order valence-corrected chi connectivity index (χ0v) is 29.3. The van der Waals surface area contributed by atoms with Gasteiger partial charge >= 0.3 is 0 Å². The van der Waals surface area contributed by atoms with Gasteiger partial charge < -0.3 is 0 Å². The summed E-state index contributed by atoms with van der Waals surface area (Å²) in [6.45, 7) is 0. The Bertz CT molecular complexity index is 2860. The summed E-state index contributed by atoms with van der Waals surface area (Å²) in [6.07, 6.45) is 1.83. The molecule has 0 aliphatic rings. The van der Waals surface area contributed by atoms with Crippen LogP contribution < -0.4 is 0 Å². The summed E-state index contributed by atoms with van der Waals surface area (Å²) in [5.74, 6) is 0.708. The molecule has 3 heterocycles. The number of benzene rings is 7. The molecule has 10 aromatic rings. The molecule has 0 fully saturated rings. The molecule has 0 N–H and O–H groups in total. The van der Waals surface area contributed by atoms with Crippen molar-refractivity contribution < 1.29 is 0 Å². The minimum absolute atomic E-state index is 0.708. The molecule has 0 unspecified atom stereocenters. The van der Waals surface area contributed by atoms with Gasteiger partial charge in [0, 0.05) is 28.3 Å². The molecule has 53 heavy (non-hydrogen) atoms. The number of pyridine rings is 1. The molecule has 0 spiro atoms. The first kappa shape index (κ1) is 31.0. The van der Waals surface area contributed by atoms with E-state index in [-0.39, 0.29) is 0 Å². The van der Waals surface area contributed by atoms with Crippen molar-refractivity contribution in [3.8, 4) is 66.9 Å². The van der Waals surface area contributed by atoms with E-state index in [0.29, 0.717) is 5.82 Å². The molecule has 0 aliphatic carbocycles. The molecular weight excluding hydrogens is 665 g/mol. The number of hydrogen-bond acceptors (Lipinski definition) is 5. The molecule has 0 aliphatic heterocycles. The molecule has 5 heteroatoms. The average Bonchev–Trinajstić information content (AvgIpc) is 3.69. The minimum atomic E-state index is 0.708. The van der Waals surface area contributed by atoms with Crippen LogP contribution in [0.5, 0.6) is 0 Å². The predicted octanol–water partition coefficient (Wildman–Crippen LogP) is 12.8. The van der Waals surface area contributed by atoms with E-state index in [1.54, 1.807) is 11.3 Å². The van der Waals surface area contributed by atoms with Crippen LogP contribution in [-0.4, -0.2) is 19.9 Å². The molecule has 0 amide bonds. The topological polar surface area (TPSA) is 51.6 Å². The van der Waals surface area contributed by atoms with Crippen molar-refractivity contribution in [3.05, 3.63) is 182 Å². The fourth-order valence-corrected chi connectivity index (χ4v) is 8.25. The van der Waals surface area contributed by atoms with E-state index in [2.05, 4.69) is 126 Å². The van der Waals surface area contributed by atoms with Crippen molar-refractivity contribution in [1.82, 2.24) is 19.9 Å². The molecule has 4 nitrogen and oxygen atoms in total. The Hall–Kier alpha value is -6.82. The van der Waals surface area contributed by atoms with E-state index >= 15 is 0 Å². The van der Waals surface area contributed by atoms with Gasteiger partial charge in [0.1, 0.15) is 5.01 Å². The Kier molecular flexibility index (Phi) is 7.63. The fourth-order valence-electron chi connectivity index (χ4n) is 7.25. The molecule has 3 aromatic heterocycles. The second-order valence-corrected chi connectivity index (χ2v) is 14.1. The molecule has 10 rings (SSSR count). The molecule has 0 saturated carbocycles. The lowest BCUT2D eigenvalue weighted by molar-refractivity contribution is 1.18. The standard InChI is InChI=1S/C48H30N4S/c1-3-14-33(15-4-1)42-30-43(51-47(50-42)35-16-5-2-6-17-35)34-24-22-32(23-25-34)37-27-26-31-13-7-8-18-36(31)45(37)40-29-44-46(39-20-10-9-19-38(39)40)52-48(53-44)41-21-11-12-28-49-41/h1-30H. The lowest BCUT2D eigenvalue weighted by Gasteiger charge is -2.17. The van der Waals surface area contributed by atoms with Gasteiger partial charge in [0.2, 0.25) is 0 Å². The first-order chi connectivity index (χ1) is 26.3. The third kappa shape index (κ3) is 5.64. The number of nitrogens with zero attached hydrogens (tertiary/aromatic N) is 4. The van der Waals surface area contributed by atoms with E-state index in [0.717, 1.165) is 59.9 Å². The van der Waals surface area contributed by atoms with Gasteiger partial charge in [-0.3, -0.25) is 4.98 Å². The van der Waals surface area contributed by atoms with Crippen molar-refractivity contribution in [2.24, 2.45) is 0 Å². The first-order valence-electron chi connectivity index (χ1n) is 17.6. The Labute approximate surface area is 310 Å². The summed E-state index contributed by atoms with van der Waals surface area (Å²) in [5.41, 5.74) is 11.5. The molecular formula is C48H30N4S. The van der Waals surface area contributed by atoms with Crippen molar-refractivity contribution >= 4 is 43.1 Å². The number of hydrogen-bond donors (Lipinski definition) is 0. The van der Waals surface area contributed by atoms with Crippen LogP contribution in [0.3, 0.4) is 0 Å². The number of thiazole rings is 1. The highest BCUT2D eigenvalue weighted by atomic mass is 32.1. The highest BCUT2D eigenvalue weighted by Crippen LogP contribution is 2.45. The normalized spacial score (nSPS) is 11.4. The smallest absolute Gasteiger partial charge is 0.160 e. The quantitative estimate of drug-likeness (QED) is 0.174. The molecule has 7 aromatic carbocycles. The lowest BCUT2D eigenvalue weighted by Crippen LogP contribution is -1.96. The predicted molar refractivity (Wildman–Crippen MR) is 221 cm³/mol. The Morgan fingerprint density at radius 3 is 1.75 bits per heavy atom. The van der Waals surface area contributed by atoms with Gasteiger partial charge in [0.05, 0.1) is 27.3 Å². The van der Waals surface area contributed by atoms with Crippen LogP contribution in [0.1, 0.15) is 0 Å². The fraction of sp³-hybridized carbons (Fsp3) is 0. The molecule has 0 saturated heterocycles. The Morgan fingerprint density at radius 2 is 1.02 bits per heavy atom. The largest absolute Gasteiger partial charge is 0.254 e. The third-order valence-electron chi connectivity index (χ3n) is 9.80. The van der Waals surface area contributed by atoms with Gasteiger partial charge in [0.15, 0.2) is 5.82 Å². The SMILES string of the molecule is c1ccc(-c2cc(-c3ccc(-c4ccc5ccccc5c4-c4cc5sc(-c6ccccn6)nc5c5ccccc45)cc3)nc(-c3ccccc3)n2)cc1. The molecule has 0 bridgehead atoms. The van der Waals surface area contributed by atoms with Crippen LogP contribution in [0.2, 0.25) is 0 Å². The average molecular weight is 695 g/mol. The van der Waals surface area contributed by atoms with Crippen molar-refractivity contribution in [3.63, 3.8) is 0 Å². The second-order valence-electron chi connectivity index (χ2n) is 13.0. The van der Waals surface area contributed by atoms with Crippen molar-refractivity contribution in [1.29, 1.82) is 0 Å². The summed E-state index contributed by atoms with van der Waals surface area (Å²) in [4.78, 5) is 19.8. The number of rotatable bonds is 6. The highest BCUT2D eigenvalue weighted by Gasteiger charge is 2.19. The van der Waals surface area contributed by atoms with Crippen LogP contribution in [-0.2, 0) is 0 Å². The lowest BCUT2D eigenvalue weighted by atomic mass is 9.87. The number of aromatic nitrogens is 4. The van der Waals surface area contributed by atoms with Crippen molar-refractivity contribution in [2.75, 3.05) is 0 Å². The van der Waals surface area contributed by atoms with Crippen LogP contribution in [0.4, 0.5) is 0 Å². The minimum Gasteiger partial charge on any atom is -0.254 e. The zero-order chi connectivity index (χ0) is 35.1. The zero-order valence-electron chi connectivity index (χ0n) is 28.5. The third-order valence-corrected chi connectivity index (χ3v) is 10.8. The van der Waals surface area contributed by atoms with Gasteiger partial charge in [-0.25, -0.2) is 15.0 Å². The Morgan fingerprint density at radius 1 is 0.396 bits per heavy atom. The first-order valence-corrected chi connectivity index (χ1v) is 18.4. The van der Waals surface area contributed by atoms with Gasteiger partial charge in [-0.2, -0.15) is 0 Å².